The van der Waals surface area contributed by atoms with E-state index in [9.17, 15) is 0 Å². The molecule has 0 spiro atoms. The Bertz CT molecular complexity index is 1210. The molecule has 0 saturated carbocycles. The first-order chi connectivity index (χ1) is 15.2. The summed E-state index contributed by atoms with van der Waals surface area (Å²) in [6.07, 6.45) is 5.14. The first kappa shape index (κ1) is 19.0. The Hall–Kier alpha value is -3.98. The number of pyridine rings is 3. The average Bonchev–Trinajstić information content (AvgIpc) is 3.24. The molecule has 3 N–H and O–H groups in total. The maximum absolute atomic E-state index is 5.93. The molecule has 0 aromatic carbocycles. The molecule has 0 aliphatic carbocycles. The molecule has 0 bridgehead atoms. The fourth-order valence-corrected chi connectivity index (χ4v) is 3.30. The van der Waals surface area contributed by atoms with Gasteiger partial charge in [-0.1, -0.05) is 6.58 Å². The number of fused-ring (bicyclic) bond motifs is 1. The molecule has 1 aliphatic heterocycles. The summed E-state index contributed by atoms with van der Waals surface area (Å²) >= 11 is 0. The summed E-state index contributed by atoms with van der Waals surface area (Å²) in [7, 11) is 0. The highest BCUT2D eigenvalue weighted by Crippen LogP contribution is 2.25. The van der Waals surface area contributed by atoms with Gasteiger partial charge in [0.15, 0.2) is 5.58 Å². The monoisotopic (exact) mass is 415 g/mol. The summed E-state index contributed by atoms with van der Waals surface area (Å²) in [5.41, 5.74) is 10.2. The number of rotatable bonds is 5. The van der Waals surface area contributed by atoms with Crippen molar-refractivity contribution in [2.24, 2.45) is 0 Å². The minimum atomic E-state index is 0.478. The number of anilines is 3. The summed E-state index contributed by atoms with van der Waals surface area (Å²) in [5.74, 6) is 1.10. The van der Waals surface area contributed by atoms with Crippen LogP contribution in [0, 0.1) is 0 Å². The lowest BCUT2D eigenvalue weighted by molar-refractivity contribution is 0.120. The van der Waals surface area contributed by atoms with E-state index in [0.29, 0.717) is 47.7 Å². The first-order valence-electron chi connectivity index (χ1n) is 9.89. The third kappa shape index (κ3) is 4.03. The number of nitrogens with zero attached hydrogens (tertiary/aromatic N) is 5. The summed E-state index contributed by atoms with van der Waals surface area (Å²) in [5, 5.41) is 3.21. The van der Waals surface area contributed by atoms with Gasteiger partial charge >= 0.3 is 0 Å². The Balaban J connectivity index is 1.30. The molecular weight excluding hydrogens is 394 g/mol. The lowest BCUT2D eigenvalue weighted by Crippen LogP contribution is -2.36. The molecule has 4 aromatic heterocycles. The van der Waals surface area contributed by atoms with Gasteiger partial charge in [-0.2, -0.15) is 4.98 Å². The van der Waals surface area contributed by atoms with Gasteiger partial charge in [-0.15, -0.1) is 0 Å². The van der Waals surface area contributed by atoms with Gasteiger partial charge in [0.25, 0.3) is 6.01 Å². The van der Waals surface area contributed by atoms with Crippen LogP contribution in [0.15, 0.2) is 59.9 Å². The van der Waals surface area contributed by atoms with Crippen LogP contribution in [0.25, 0.3) is 28.1 Å². The van der Waals surface area contributed by atoms with Gasteiger partial charge in [0.2, 0.25) is 0 Å². The van der Waals surface area contributed by atoms with E-state index < -0.39 is 0 Å². The van der Waals surface area contributed by atoms with Crippen LogP contribution in [0.5, 0.6) is 0 Å². The van der Waals surface area contributed by atoms with Crippen LogP contribution < -0.4 is 16.0 Å². The van der Waals surface area contributed by atoms with Gasteiger partial charge in [-0.3, -0.25) is 4.98 Å². The van der Waals surface area contributed by atoms with Crippen molar-refractivity contribution in [1.82, 2.24) is 19.9 Å². The van der Waals surface area contributed by atoms with Crippen molar-refractivity contribution in [3.8, 4) is 11.3 Å². The molecule has 4 aromatic rings. The second-order valence-electron chi connectivity index (χ2n) is 7.14. The predicted molar refractivity (Wildman–Crippen MR) is 119 cm³/mol. The zero-order valence-corrected chi connectivity index (χ0v) is 16.8. The Kier molecular flexibility index (Phi) is 4.93. The van der Waals surface area contributed by atoms with E-state index in [2.05, 4.69) is 36.7 Å². The predicted octanol–water partition coefficient (Wildman–Crippen LogP) is 3.18. The van der Waals surface area contributed by atoms with E-state index in [1.165, 1.54) is 0 Å². The highest BCUT2D eigenvalue weighted by Gasteiger charge is 2.17. The van der Waals surface area contributed by atoms with Crippen molar-refractivity contribution >= 4 is 34.4 Å². The zero-order valence-electron chi connectivity index (χ0n) is 16.8. The first-order valence-corrected chi connectivity index (χ1v) is 9.89. The molecule has 1 saturated heterocycles. The number of nitrogens with one attached hydrogen (secondary N) is 1. The molecule has 0 amide bonds. The Morgan fingerprint density at radius 1 is 1.03 bits per heavy atom. The molecule has 0 radical (unpaired) electrons. The smallest absolute Gasteiger partial charge is 0.298 e. The molecule has 5 heterocycles. The van der Waals surface area contributed by atoms with E-state index in [1.54, 1.807) is 24.7 Å². The summed E-state index contributed by atoms with van der Waals surface area (Å²) < 4.78 is 11.3. The SMILES string of the molecule is C=C(Nc1cc2oc(N3CCOCC3)nc2cn1)c1ccc(-c2ccc(N)nc2)nc1. The summed E-state index contributed by atoms with van der Waals surface area (Å²) in [6.45, 7) is 6.97. The highest BCUT2D eigenvalue weighted by molar-refractivity contribution is 5.80. The van der Waals surface area contributed by atoms with E-state index in [1.807, 2.05) is 24.3 Å². The highest BCUT2D eigenvalue weighted by atomic mass is 16.5. The fraction of sp³-hybridized carbons (Fsp3) is 0.182. The number of oxazole rings is 1. The third-order valence-electron chi connectivity index (χ3n) is 5.02. The lowest BCUT2D eigenvalue weighted by Gasteiger charge is -2.24. The number of aromatic nitrogens is 4. The fourth-order valence-electron chi connectivity index (χ4n) is 3.30. The summed E-state index contributed by atoms with van der Waals surface area (Å²) in [4.78, 5) is 19.6. The molecule has 0 unspecified atom stereocenters. The maximum Gasteiger partial charge on any atom is 0.298 e. The maximum atomic E-state index is 5.93. The van der Waals surface area contributed by atoms with Gasteiger partial charge in [0.1, 0.15) is 17.2 Å². The largest absolute Gasteiger partial charge is 0.423 e. The van der Waals surface area contributed by atoms with Gasteiger partial charge in [-0.05, 0) is 24.3 Å². The average molecular weight is 415 g/mol. The van der Waals surface area contributed by atoms with Crippen molar-refractivity contribution in [3.05, 3.63) is 61.1 Å². The number of hydrogen-bond donors (Lipinski definition) is 2. The quantitative estimate of drug-likeness (QED) is 0.507. The number of nitrogen functional groups attached to an aromatic ring is 1. The van der Waals surface area contributed by atoms with Crippen molar-refractivity contribution < 1.29 is 9.15 Å². The Morgan fingerprint density at radius 2 is 1.90 bits per heavy atom. The van der Waals surface area contributed by atoms with Gasteiger partial charge in [-0.25, -0.2) is 9.97 Å². The second kappa shape index (κ2) is 8.04. The molecule has 1 aliphatic rings. The van der Waals surface area contributed by atoms with E-state index in [0.717, 1.165) is 29.9 Å². The van der Waals surface area contributed by atoms with Crippen LogP contribution in [0.2, 0.25) is 0 Å². The molecule has 1 fully saturated rings. The van der Waals surface area contributed by atoms with Crippen molar-refractivity contribution in [1.29, 1.82) is 0 Å². The molecule has 5 rings (SSSR count). The van der Waals surface area contributed by atoms with Crippen LogP contribution in [-0.2, 0) is 4.74 Å². The van der Waals surface area contributed by atoms with Crippen LogP contribution in [0.1, 0.15) is 5.56 Å². The number of nitrogens with two attached hydrogens (primary N) is 1. The Morgan fingerprint density at radius 3 is 2.65 bits per heavy atom. The van der Waals surface area contributed by atoms with Crippen molar-refractivity contribution in [2.75, 3.05) is 42.3 Å². The topological polar surface area (TPSA) is 115 Å². The Labute approximate surface area is 178 Å². The van der Waals surface area contributed by atoms with E-state index in [4.69, 9.17) is 14.9 Å². The number of morpholine rings is 1. The van der Waals surface area contributed by atoms with E-state index in [-0.39, 0.29) is 0 Å². The molecular formula is C22H21N7O2. The number of ether oxygens (including phenoxy) is 1. The molecule has 156 valence electrons. The van der Waals surface area contributed by atoms with Gasteiger partial charge in [0.05, 0.1) is 25.1 Å². The molecule has 31 heavy (non-hydrogen) atoms. The van der Waals surface area contributed by atoms with Crippen LogP contribution in [-0.4, -0.2) is 46.2 Å². The van der Waals surface area contributed by atoms with Crippen LogP contribution in [0.4, 0.5) is 17.7 Å². The summed E-state index contributed by atoms with van der Waals surface area (Å²) in [6, 6.07) is 9.90. The van der Waals surface area contributed by atoms with Crippen LogP contribution >= 0.6 is 0 Å². The van der Waals surface area contributed by atoms with Crippen molar-refractivity contribution in [2.45, 2.75) is 0 Å². The zero-order chi connectivity index (χ0) is 21.2. The van der Waals surface area contributed by atoms with Gasteiger partial charge < -0.3 is 25.1 Å². The minimum Gasteiger partial charge on any atom is -0.423 e. The van der Waals surface area contributed by atoms with Gasteiger partial charge in [0, 0.05) is 48.4 Å². The van der Waals surface area contributed by atoms with E-state index >= 15 is 0 Å². The number of hydrogen-bond acceptors (Lipinski definition) is 9. The van der Waals surface area contributed by atoms with Crippen molar-refractivity contribution in [3.63, 3.8) is 0 Å². The molecule has 9 heteroatoms. The molecule has 0 atom stereocenters. The standard InChI is InChI=1S/C22H21N7O2/c1-14(15-2-4-17(24-11-15)16-3-5-20(23)25-12-16)27-21-10-19-18(13-26-21)28-22(31-19)29-6-8-30-9-7-29/h2-5,10-13H,1,6-9H2,(H2,23,25)(H,26,27). The third-order valence-corrected chi connectivity index (χ3v) is 5.02. The molecule has 9 nitrogen and oxygen atoms in total. The second-order valence-corrected chi connectivity index (χ2v) is 7.14. The lowest BCUT2D eigenvalue weighted by atomic mass is 10.1. The van der Waals surface area contributed by atoms with Crippen LogP contribution in [0.3, 0.4) is 0 Å². The minimum absolute atomic E-state index is 0.478. The normalized spacial score (nSPS) is 14.0.